The third-order valence-electron chi connectivity index (χ3n) is 6.99. The monoisotopic (exact) mass is 524 g/mol. The van der Waals surface area contributed by atoms with E-state index in [4.69, 9.17) is 9.72 Å². The number of methoxy groups -OCH3 is 1. The predicted octanol–water partition coefficient (Wildman–Crippen LogP) is 4.49. The summed E-state index contributed by atoms with van der Waals surface area (Å²) in [6.07, 6.45) is 3.10. The summed E-state index contributed by atoms with van der Waals surface area (Å²) in [5, 5.41) is 13.8. The molecule has 4 aromatic rings. The molecular formula is C29H28N6O2S. The van der Waals surface area contributed by atoms with Gasteiger partial charge in [0.05, 0.1) is 19.3 Å². The summed E-state index contributed by atoms with van der Waals surface area (Å²) in [6, 6.07) is 20.5. The number of carbonyl (C=O) groups excluding carboxylic acids is 1. The van der Waals surface area contributed by atoms with E-state index < -0.39 is 0 Å². The van der Waals surface area contributed by atoms with Crippen molar-refractivity contribution in [2.75, 3.05) is 44.0 Å². The van der Waals surface area contributed by atoms with Crippen molar-refractivity contribution < 1.29 is 9.53 Å². The van der Waals surface area contributed by atoms with Crippen LogP contribution in [0.2, 0.25) is 0 Å². The van der Waals surface area contributed by atoms with Gasteiger partial charge in [-0.2, -0.15) is 0 Å². The molecule has 38 heavy (non-hydrogen) atoms. The predicted molar refractivity (Wildman–Crippen MR) is 151 cm³/mol. The second-order valence-corrected chi connectivity index (χ2v) is 10.4. The highest BCUT2D eigenvalue weighted by molar-refractivity contribution is 7.18. The zero-order valence-corrected chi connectivity index (χ0v) is 22.2. The van der Waals surface area contributed by atoms with E-state index in [9.17, 15) is 4.79 Å². The highest BCUT2D eigenvalue weighted by Gasteiger charge is 2.24. The number of anilines is 2. The number of allylic oxidation sites excluding steroid dienone is 1. The molecule has 9 heteroatoms. The maximum absolute atomic E-state index is 12.2. The number of hydrogen-bond acceptors (Lipinski definition) is 8. The normalized spacial score (nSPS) is 14.9. The van der Waals surface area contributed by atoms with Gasteiger partial charge in [-0.05, 0) is 53.4 Å². The first kappa shape index (κ1) is 24.1. The Labute approximate surface area is 225 Å². The summed E-state index contributed by atoms with van der Waals surface area (Å²) in [6.45, 7) is 2.51. The maximum Gasteiger partial charge on any atom is 0.241 e. The smallest absolute Gasteiger partial charge is 0.241 e. The van der Waals surface area contributed by atoms with Crippen LogP contribution in [-0.4, -0.2) is 59.8 Å². The molecule has 6 rings (SSSR count). The third kappa shape index (κ3) is 4.84. The molecule has 0 unspecified atom stereocenters. The summed E-state index contributed by atoms with van der Waals surface area (Å²) in [4.78, 5) is 21.0. The second kappa shape index (κ2) is 10.3. The molecule has 2 aromatic carbocycles. The Balaban J connectivity index is 1.19. The van der Waals surface area contributed by atoms with Crippen LogP contribution in [0.4, 0.5) is 10.9 Å². The number of carbonyl (C=O) groups is 1. The topological polar surface area (TPSA) is 83.5 Å². The van der Waals surface area contributed by atoms with Gasteiger partial charge in [-0.15, -0.1) is 10.2 Å². The van der Waals surface area contributed by atoms with E-state index >= 15 is 0 Å². The van der Waals surface area contributed by atoms with Gasteiger partial charge in [0.25, 0.3) is 0 Å². The number of rotatable bonds is 7. The van der Waals surface area contributed by atoms with Gasteiger partial charge in [0.15, 0.2) is 0 Å². The number of ether oxygens (including phenoxy) is 1. The van der Waals surface area contributed by atoms with Crippen LogP contribution in [0.15, 0.2) is 66.7 Å². The van der Waals surface area contributed by atoms with E-state index in [1.807, 2.05) is 49.5 Å². The van der Waals surface area contributed by atoms with Crippen molar-refractivity contribution in [1.29, 1.82) is 0 Å². The Morgan fingerprint density at radius 1 is 1.05 bits per heavy atom. The minimum atomic E-state index is 0.119. The first-order valence-corrected chi connectivity index (χ1v) is 13.4. The summed E-state index contributed by atoms with van der Waals surface area (Å²) >= 11 is 1.54. The van der Waals surface area contributed by atoms with Crippen molar-refractivity contribution >= 4 is 33.8 Å². The summed E-state index contributed by atoms with van der Waals surface area (Å²) < 4.78 is 5.23. The van der Waals surface area contributed by atoms with Crippen LogP contribution in [0, 0.1) is 0 Å². The van der Waals surface area contributed by atoms with E-state index in [1.165, 1.54) is 11.1 Å². The molecule has 0 spiro atoms. The first-order chi connectivity index (χ1) is 18.6. The van der Waals surface area contributed by atoms with Gasteiger partial charge < -0.3 is 19.9 Å². The lowest BCUT2D eigenvalue weighted by Gasteiger charge is -2.32. The van der Waals surface area contributed by atoms with Gasteiger partial charge in [-0.3, -0.25) is 4.79 Å². The molecule has 192 valence electrons. The number of piperazine rings is 1. The SMILES string of the molecule is COc1ccc(CNc2nnc(-c3ccc4c(c3)C(c3cccc(N5CCN(C)C(=O)C5)n3)=CC4)s2)cc1. The molecular weight excluding hydrogens is 496 g/mol. The second-order valence-electron chi connectivity index (χ2n) is 9.43. The maximum atomic E-state index is 12.2. The Hall–Kier alpha value is -4.24. The molecule has 1 N–H and O–H groups in total. The van der Waals surface area contributed by atoms with Crippen molar-refractivity contribution in [2.24, 2.45) is 0 Å². The van der Waals surface area contributed by atoms with Gasteiger partial charge in [0.2, 0.25) is 11.0 Å². The van der Waals surface area contributed by atoms with Crippen molar-refractivity contribution in [2.45, 2.75) is 13.0 Å². The Morgan fingerprint density at radius 3 is 2.74 bits per heavy atom. The Morgan fingerprint density at radius 2 is 1.92 bits per heavy atom. The molecule has 2 aromatic heterocycles. The fourth-order valence-electron chi connectivity index (χ4n) is 4.74. The number of nitrogens with one attached hydrogen (secondary N) is 1. The molecule has 0 bridgehead atoms. The number of pyridine rings is 1. The van der Waals surface area contributed by atoms with Crippen molar-refractivity contribution in [3.8, 4) is 16.3 Å². The van der Waals surface area contributed by atoms with Gasteiger partial charge in [0.1, 0.15) is 16.6 Å². The Bertz CT molecular complexity index is 1510. The van der Waals surface area contributed by atoms with Crippen molar-refractivity contribution in [1.82, 2.24) is 20.1 Å². The van der Waals surface area contributed by atoms with E-state index in [2.05, 4.69) is 44.7 Å². The van der Waals surface area contributed by atoms with E-state index in [0.29, 0.717) is 19.6 Å². The molecule has 2 aliphatic rings. The highest BCUT2D eigenvalue weighted by Crippen LogP contribution is 2.36. The lowest BCUT2D eigenvalue weighted by molar-refractivity contribution is -0.129. The zero-order valence-electron chi connectivity index (χ0n) is 21.3. The van der Waals surface area contributed by atoms with E-state index in [1.54, 1.807) is 23.3 Å². The summed E-state index contributed by atoms with van der Waals surface area (Å²) in [5.74, 6) is 1.80. The fraction of sp³-hybridized carbons (Fsp3) is 0.241. The van der Waals surface area contributed by atoms with Gasteiger partial charge in [0, 0.05) is 37.8 Å². The van der Waals surface area contributed by atoms with Crippen LogP contribution in [0.3, 0.4) is 0 Å². The summed E-state index contributed by atoms with van der Waals surface area (Å²) in [7, 11) is 3.51. The minimum Gasteiger partial charge on any atom is -0.497 e. The molecule has 1 aliphatic carbocycles. The molecule has 1 fully saturated rings. The fourth-order valence-corrected chi connectivity index (χ4v) is 5.47. The molecule has 0 radical (unpaired) electrons. The van der Waals surface area contributed by atoms with Crippen LogP contribution in [0.1, 0.15) is 22.4 Å². The van der Waals surface area contributed by atoms with Crippen LogP contribution in [-0.2, 0) is 17.8 Å². The number of fused-ring (bicyclic) bond motifs is 1. The quantitative estimate of drug-likeness (QED) is 0.381. The number of nitrogens with zero attached hydrogens (tertiary/aromatic N) is 5. The number of likely N-dealkylation sites (N-methyl/N-ethyl adjacent to an activating group) is 1. The van der Waals surface area contributed by atoms with Crippen molar-refractivity contribution in [3.05, 3.63) is 89.1 Å². The minimum absolute atomic E-state index is 0.119. The number of amides is 1. The Kier molecular flexibility index (Phi) is 6.51. The lowest BCUT2D eigenvalue weighted by Crippen LogP contribution is -2.48. The van der Waals surface area contributed by atoms with Crippen LogP contribution < -0.4 is 15.0 Å². The molecule has 0 saturated carbocycles. The van der Waals surface area contributed by atoms with Gasteiger partial charge in [-0.25, -0.2) is 4.98 Å². The highest BCUT2D eigenvalue weighted by atomic mass is 32.1. The van der Waals surface area contributed by atoms with Crippen LogP contribution >= 0.6 is 11.3 Å². The average Bonchev–Trinajstić information content (AvgIpc) is 3.61. The number of aromatic nitrogens is 3. The molecule has 8 nitrogen and oxygen atoms in total. The first-order valence-electron chi connectivity index (χ1n) is 12.6. The van der Waals surface area contributed by atoms with Crippen molar-refractivity contribution in [3.63, 3.8) is 0 Å². The van der Waals surface area contributed by atoms with E-state index in [0.717, 1.165) is 57.1 Å². The zero-order chi connectivity index (χ0) is 26.1. The van der Waals surface area contributed by atoms with Crippen LogP contribution in [0.5, 0.6) is 5.75 Å². The van der Waals surface area contributed by atoms with Gasteiger partial charge in [-0.1, -0.05) is 47.7 Å². The van der Waals surface area contributed by atoms with E-state index in [-0.39, 0.29) is 5.91 Å². The standard InChI is InChI=1S/C29H28N6O2S/c1-34-14-15-35(18-27(34)36)26-5-3-4-25(31-26)23-13-10-20-8-9-21(16-24(20)23)28-32-33-29(38-28)30-17-19-6-11-22(37-2)12-7-19/h3-9,11-13,16H,10,14-15,17-18H2,1-2H3,(H,30,33). The molecule has 1 aliphatic heterocycles. The summed E-state index contributed by atoms with van der Waals surface area (Å²) in [5.41, 5.74) is 6.66. The molecule has 3 heterocycles. The average molecular weight is 525 g/mol. The third-order valence-corrected chi connectivity index (χ3v) is 7.92. The molecule has 0 atom stereocenters. The van der Waals surface area contributed by atoms with Gasteiger partial charge >= 0.3 is 0 Å². The largest absolute Gasteiger partial charge is 0.497 e. The van der Waals surface area contributed by atoms with Crippen LogP contribution in [0.25, 0.3) is 16.1 Å². The number of hydrogen-bond donors (Lipinski definition) is 1. The lowest BCUT2D eigenvalue weighted by atomic mass is 10.00. The molecule has 1 saturated heterocycles. The molecule has 1 amide bonds. The number of benzene rings is 2.